The van der Waals surface area contributed by atoms with Crippen molar-refractivity contribution in [3.63, 3.8) is 0 Å². The summed E-state index contributed by atoms with van der Waals surface area (Å²) in [5.41, 5.74) is 4.91. The molecular formula is C24H38O4. The van der Waals surface area contributed by atoms with E-state index in [-0.39, 0.29) is 24.8 Å². The van der Waals surface area contributed by atoms with Gasteiger partial charge in [0.2, 0.25) is 0 Å². The summed E-state index contributed by atoms with van der Waals surface area (Å²) in [5.74, 6) is -0.582. The van der Waals surface area contributed by atoms with Crippen LogP contribution in [-0.2, 0) is 19.1 Å². The van der Waals surface area contributed by atoms with Crippen molar-refractivity contribution in [3.05, 3.63) is 22.3 Å². The first-order valence-corrected chi connectivity index (χ1v) is 10.8. The highest BCUT2D eigenvalue weighted by molar-refractivity contribution is 5.78. The first kappa shape index (κ1) is 22.7. The quantitative estimate of drug-likeness (QED) is 0.415. The van der Waals surface area contributed by atoms with Gasteiger partial charge >= 0.3 is 11.9 Å². The topological polar surface area (TPSA) is 52.6 Å². The highest BCUT2D eigenvalue weighted by atomic mass is 16.6. The maximum atomic E-state index is 12.3. The molecule has 0 aliphatic heterocycles. The van der Waals surface area contributed by atoms with Gasteiger partial charge in [0.1, 0.15) is 11.2 Å². The van der Waals surface area contributed by atoms with E-state index in [1.807, 2.05) is 13.8 Å². The van der Waals surface area contributed by atoms with Crippen molar-refractivity contribution in [3.8, 4) is 0 Å². The predicted octanol–water partition coefficient (Wildman–Crippen LogP) is 6.19. The summed E-state index contributed by atoms with van der Waals surface area (Å²) in [6.07, 6.45) is 7.56. The molecule has 0 aromatic rings. The standard InChI is InChI=1S/C24H38O4/c1-17(2)19-9-13-23(5,14-10-19)27-21(25)7-8-22(26)28-24(6)15-11-20(12-16-24)18(3)4/h7-16H2,1-6H3. The van der Waals surface area contributed by atoms with Gasteiger partial charge in [-0.1, -0.05) is 22.3 Å². The summed E-state index contributed by atoms with van der Waals surface area (Å²) >= 11 is 0. The van der Waals surface area contributed by atoms with Crippen LogP contribution in [-0.4, -0.2) is 23.1 Å². The van der Waals surface area contributed by atoms with Gasteiger partial charge in [-0.05, 0) is 92.9 Å². The fourth-order valence-electron chi connectivity index (χ4n) is 4.22. The smallest absolute Gasteiger partial charge is 0.306 e. The Kier molecular flexibility index (Phi) is 7.52. The second kappa shape index (κ2) is 9.28. The van der Waals surface area contributed by atoms with E-state index in [4.69, 9.17) is 9.47 Å². The minimum atomic E-state index is -0.407. The molecule has 0 atom stereocenters. The maximum Gasteiger partial charge on any atom is 0.306 e. The van der Waals surface area contributed by atoms with Gasteiger partial charge in [-0.15, -0.1) is 0 Å². The highest BCUT2D eigenvalue weighted by Gasteiger charge is 2.34. The largest absolute Gasteiger partial charge is 0.459 e. The molecule has 0 N–H and O–H groups in total. The summed E-state index contributed by atoms with van der Waals surface area (Å²) in [4.78, 5) is 24.6. The van der Waals surface area contributed by atoms with Crippen LogP contribution >= 0.6 is 0 Å². The number of allylic oxidation sites excluding steroid dienone is 4. The summed E-state index contributed by atoms with van der Waals surface area (Å²) in [7, 11) is 0. The van der Waals surface area contributed by atoms with Crippen molar-refractivity contribution >= 4 is 11.9 Å². The Morgan fingerprint density at radius 1 is 0.679 bits per heavy atom. The SMILES string of the molecule is CC(C)=C1CCC(C)(OC(=O)CCC(=O)OC2(C)CCC(=C(C)C)CC2)CC1. The normalized spacial score (nSPS) is 27.9. The molecule has 4 nitrogen and oxygen atoms in total. The number of esters is 2. The lowest BCUT2D eigenvalue weighted by molar-refractivity contribution is -0.167. The fourth-order valence-corrected chi connectivity index (χ4v) is 4.22. The van der Waals surface area contributed by atoms with Gasteiger partial charge in [0, 0.05) is 0 Å². The summed E-state index contributed by atoms with van der Waals surface area (Å²) in [6.45, 7) is 12.6. The second-order valence-corrected chi connectivity index (χ2v) is 9.56. The van der Waals surface area contributed by atoms with E-state index >= 15 is 0 Å². The molecule has 0 unspecified atom stereocenters. The summed E-state index contributed by atoms with van der Waals surface area (Å²) in [5, 5.41) is 0. The lowest BCUT2D eigenvalue weighted by Crippen LogP contribution is -2.36. The van der Waals surface area contributed by atoms with Crippen LogP contribution in [0.5, 0.6) is 0 Å². The summed E-state index contributed by atoms with van der Waals surface area (Å²) < 4.78 is 11.5. The van der Waals surface area contributed by atoms with Gasteiger partial charge in [-0.3, -0.25) is 9.59 Å². The lowest BCUT2D eigenvalue weighted by atomic mass is 9.81. The Morgan fingerprint density at radius 2 is 0.964 bits per heavy atom. The number of carbonyl (C=O) groups excluding carboxylic acids is 2. The van der Waals surface area contributed by atoms with Gasteiger partial charge < -0.3 is 9.47 Å². The average molecular weight is 391 g/mol. The molecule has 2 rings (SSSR count). The molecule has 0 amide bonds. The molecule has 0 heterocycles. The van der Waals surface area contributed by atoms with Gasteiger partial charge in [-0.25, -0.2) is 0 Å². The minimum absolute atomic E-state index is 0.0965. The highest BCUT2D eigenvalue weighted by Crippen LogP contribution is 2.37. The lowest BCUT2D eigenvalue weighted by Gasteiger charge is -2.35. The number of ether oxygens (including phenoxy) is 2. The summed E-state index contributed by atoms with van der Waals surface area (Å²) in [6, 6.07) is 0. The fraction of sp³-hybridized carbons (Fsp3) is 0.750. The van der Waals surface area contributed by atoms with E-state index in [0.29, 0.717) is 0 Å². The van der Waals surface area contributed by atoms with Crippen molar-refractivity contribution in [2.45, 2.75) is 117 Å². The molecule has 2 aliphatic rings. The second-order valence-electron chi connectivity index (χ2n) is 9.56. The van der Waals surface area contributed by atoms with Crippen molar-refractivity contribution in [1.29, 1.82) is 0 Å². The third-order valence-electron chi connectivity index (χ3n) is 6.49. The zero-order valence-electron chi connectivity index (χ0n) is 18.7. The van der Waals surface area contributed by atoms with Gasteiger partial charge in [-0.2, -0.15) is 0 Å². The molecule has 2 saturated carbocycles. The van der Waals surface area contributed by atoms with E-state index in [1.54, 1.807) is 0 Å². The van der Waals surface area contributed by atoms with Crippen LogP contribution < -0.4 is 0 Å². The number of hydrogen-bond acceptors (Lipinski definition) is 4. The van der Waals surface area contributed by atoms with E-state index in [0.717, 1.165) is 51.4 Å². The van der Waals surface area contributed by atoms with Crippen LogP contribution in [0.2, 0.25) is 0 Å². The zero-order chi connectivity index (χ0) is 20.9. The Bertz CT molecular complexity index is 582. The molecule has 0 saturated heterocycles. The van der Waals surface area contributed by atoms with Crippen LogP contribution in [0.3, 0.4) is 0 Å². The monoisotopic (exact) mass is 390 g/mol. The molecule has 0 spiro atoms. The number of rotatable bonds is 5. The maximum absolute atomic E-state index is 12.3. The van der Waals surface area contributed by atoms with Crippen LogP contribution in [0, 0.1) is 0 Å². The predicted molar refractivity (Wildman–Crippen MR) is 112 cm³/mol. The van der Waals surface area contributed by atoms with Crippen molar-refractivity contribution in [2.24, 2.45) is 0 Å². The minimum Gasteiger partial charge on any atom is -0.459 e. The Hall–Kier alpha value is -1.58. The number of hydrogen-bond donors (Lipinski definition) is 0. The van der Waals surface area contributed by atoms with E-state index in [9.17, 15) is 9.59 Å². The van der Waals surface area contributed by atoms with Gasteiger partial charge in [0.15, 0.2) is 0 Å². The molecule has 0 bridgehead atoms. The molecular weight excluding hydrogens is 352 g/mol. The van der Waals surface area contributed by atoms with Crippen molar-refractivity contribution < 1.29 is 19.1 Å². The van der Waals surface area contributed by atoms with Crippen LogP contribution in [0.1, 0.15) is 106 Å². The third-order valence-corrected chi connectivity index (χ3v) is 6.49. The van der Waals surface area contributed by atoms with Crippen LogP contribution in [0.25, 0.3) is 0 Å². The Labute approximate surface area is 170 Å². The first-order chi connectivity index (χ1) is 13.0. The third kappa shape index (κ3) is 6.49. The van der Waals surface area contributed by atoms with Crippen molar-refractivity contribution in [1.82, 2.24) is 0 Å². The molecule has 2 aliphatic carbocycles. The molecule has 0 aromatic carbocycles. The Balaban J connectivity index is 1.75. The number of carbonyl (C=O) groups is 2. The average Bonchev–Trinajstić information content (AvgIpc) is 2.60. The van der Waals surface area contributed by atoms with Crippen molar-refractivity contribution in [2.75, 3.05) is 0 Å². The van der Waals surface area contributed by atoms with Crippen LogP contribution in [0.4, 0.5) is 0 Å². The van der Waals surface area contributed by atoms with Gasteiger partial charge in [0.05, 0.1) is 12.8 Å². The molecule has 28 heavy (non-hydrogen) atoms. The van der Waals surface area contributed by atoms with Crippen LogP contribution in [0.15, 0.2) is 22.3 Å². The van der Waals surface area contributed by atoms with E-state index in [1.165, 1.54) is 22.3 Å². The zero-order valence-corrected chi connectivity index (χ0v) is 18.7. The van der Waals surface area contributed by atoms with E-state index < -0.39 is 11.2 Å². The first-order valence-electron chi connectivity index (χ1n) is 10.8. The molecule has 0 aromatic heterocycles. The molecule has 0 radical (unpaired) electrons. The molecule has 158 valence electrons. The Morgan fingerprint density at radius 3 is 1.21 bits per heavy atom. The molecule has 2 fully saturated rings. The van der Waals surface area contributed by atoms with E-state index in [2.05, 4.69) is 27.7 Å². The molecule has 4 heteroatoms. The van der Waals surface area contributed by atoms with Gasteiger partial charge in [0.25, 0.3) is 0 Å².